The molecule has 3 heterocycles. The molecule has 0 unspecified atom stereocenters. The monoisotopic (exact) mass is 429 g/mol. The second kappa shape index (κ2) is 9.86. The highest BCUT2D eigenvalue weighted by atomic mass is 16.5. The normalized spacial score (nSPS) is 24.7. The fourth-order valence-corrected chi connectivity index (χ4v) is 5.47. The molecule has 6 heteroatoms. The third-order valence-electron chi connectivity index (χ3n) is 7.22. The number of fused-ring (bicyclic) bond motifs is 1. The molecule has 0 bridgehead atoms. The van der Waals surface area contributed by atoms with E-state index in [4.69, 9.17) is 4.74 Å². The second-order valence-corrected chi connectivity index (χ2v) is 10.5. The number of Topliss-reactive ketones (excluding diaryl/α,β-unsaturated/α-hetero) is 1. The molecule has 2 aliphatic heterocycles. The second-order valence-electron chi connectivity index (χ2n) is 10.5. The predicted molar refractivity (Wildman–Crippen MR) is 123 cm³/mol. The molecule has 0 spiro atoms. The van der Waals surface area contributed by atoms with Gasteiger partial charge in [0.1, 0.15) is 5.78 Å². The number of pyridine rings is 1. The summed E-state index contributed by atoms with van der Waals surface area (Å²) >= 11 is 0. The highest BCUT2D eigenvalue weighted by Crippen LogP contribution is 2.35. The average molecular weight is 430 g/mol. The van der Waals surface area contributed by atoms with Crippen LogP contribution >= 0.6 is 0 Å². The highest BCUT2D eigenvalue weighted by Gasteiger charge is 2.27. The highest BCUT2D eigenvalue weighted by molar-refractivity contribution is 5.79. The SMILES string of the molecule is CC(C)(O)CC(=O)CC1CCC(CCN2CCN(c3nccc4c3OCC4)CC2)CC1. The van der Waals surface area contributed by atoms with Crippen molar-refractivity contribution < 1.29 is 14.6 Å². The Kier molecular flexibility index (Phi) is 7.17. The number of aromatic nitrogens is 1. The summed E-state index contributed by atoms with van der Waals surface area (Å²) in [6, 6.07) is 2.08. The lowest BCUT2D eigenvalue weighted by atomic mass is 9.78. The number of ether oxygens (including phenoxy) is 1. The van der Waals surface area contributed by atoms with Crippen molar-refractivity contribution in [3.63, 3.8) is 0 Å². The first-order valence-electron chi connectivity index (χ1n) is 12.2. The first-order valence-corrected chi connectivity index (χ1v) is 12.2. The number of carbonyl (C=O) groups excluding carboxylic acids is 1. The van der Waals surface area contributed by atoms with Gasteiger partial charge in [-0.2, -0.15) is 0 Å². The van der Waals surface area contributed by atoms with E-state index in [2.05, 4.69) is 20.9 Å². The van der Waals surface area contributed by atoms with Crippen LogP contribution in [0.3, 0.4) is 0 Å². The van der Waals surface area contributed by atoms with Crippen LogP contribution in [0.25, 0.3) is 0 Å². The smallest absolute Gasteiger partial charge is 0.171 e. The molecule has 1 saturated carbocycles. The van der Waals surface area contributed by atoms with Crippen molar-refractivity contribution >= 4 is 11.6 Å². The van der Waals surface area contributed by atoms with Gasteiger partial charge in [-0.05, 0) is 57.6 Å². The molecular formula is C25H39N3O3. The van der Waals surface area contributed by atoms with Crippen LogP contribution in [0, 0.1) is 11.8 Å². The lowest BCUT2D eigenvalue weighted by Gasteiger charge is -2.37. The Morgan fingerprint density at radius 1 is 1.16 bits per heavy atom. The van der Waals surface area contributed by atoms with E-state index in [1.807, 2.05) is 6.20 Å². The van der Waals surface area contributed by atoms with E-state index in [9.17, 15) is 9.90 Å². The summed E-state index contributed by atoms with van der Waals surface area (Å²) in [6.07, 6.45) is 9.96. The molecule has 0 radical (unpaired) electrons. The van der Waals surface area contributed by atoms with Gasteiger partial charge in [-0.1, -0.05) is 12.8 Å². The Morgan fingerprint density at radius 2 is 1.87 bits per heavy atom. The number of carbonyl (C=O) groups is 1. The van der Waals surface area contributed by atoms with E-state index >= 15 is 0 Å². The van der Waals surface area contributed by atoms with E-state index < -0.39 is 5.60 Å². The molecule has 172 valence electrons. The fourth-order valence-electron chi connectivity index (χ4n) is 5.47. The summed E-state index contributed by atoms with van der Waals surface area (Å²) in [7, 11) is 0. The molecule has 3 aliphatic rings. The number of anilines is 1. The van der Waals surface area contributed by atoms with Gasteiger partial charge in [-0.15, -0.1) is 0 Å². The Hall–Kier alpha value is -1.66. The van der Waals surface area contributed by atoms with Crippen LogP contribution in [-0.2, 0) is 11.2 Å². The van der Waals surface area contributed by atoms with E-state index in [0.29, 0.717) is 12.3 Å². The van der Waals surface area contributed by atoms with Crippen molar-refractivity contribution in [1.82, 2.24) is 9.88 Å². The van der Waals surface area contributed by atoms with Crippen molar-refractivity contribution in [3.05, 3.63) is 17.8 Å². The zero-order valence-electron chi connectivity index (χ0n) is 19.3. The molecule has 1 N–H and O–H groups in total. The maximum atomic E-state index is 12.1. The number of ketones is 1. The van der Waals surface area contributed by atoms with E-state index in [-0.39, 0.29) is 12.2 Å². The van der Waals surface area contributed by atoms with Crippen molar-refractivity contribution in [3.8, 4) is 5.75 Å². The van der Waals surface area contributed by atoms with Gasteiger partial charge in [0, 0.05) is 57.2 Å². The summed E-state index contributed by atoms with van der Waals surface area (Å²) < 4.78 is 5.84. The number of aliphatic hydroxyl groups is 1. The van der Waals surface area contributed by atoms with Crippen molar-refractivity contribution in [1.29, 1.82) is 0 Å². The summed E-state index contributed by atoms with van der Waals surface area (Å²) in [5.74, 6) is 3.58. The Balaban J connectivity index is 1.15. The zero-order valence-corrected chi connectivity index (χ0v) is 19.3. The van der Waals surface area contributed by atoms with Gasteiger partial charge in [-0.3, -0.25) is 9.69 Å². The van der Waals surface area contributed by atoms with Gasteiger partial charge < -0.3 is 14.7 Å². The zero-order chi connectivity index (χ0) is 21.8. The minimum atomic E-state index is -0.873. The topological polar surface area (TPSA) is 65.9 Å². The van der Waals surface area contributed by atoms with Gasteiger partial charge in [0.05, 0.1) is 12.2 Å². The Morgan fingerprint density at radius 3 is 2.58 bits per heavy atom. The largest absolute Gasteiger partial charge is 0.489 e. The summed E-state index contributed by atoms with van der Waals surface area (Å²) in [5, 5.41) is 9.84. The minimum absolute atomic E-state index is 0.220. The summed E-state index contributed by atoms with van der Waals surface area (Å²) in [4.78, 5) is 21.7. The average Bonchev–Trinajstić information content (AvgIpc) is 3.21. The van der Waals surface area contributed by atoms with Gasteiger partial charge in [0.2, 0.25) is 0 Å². The van der Waals surface area contributed by atoms with E-state index in [0.717, 1.165) is 56.7 Å². The maximum Gasteiger partial charge on any atom is 0.171 e. The van der Waals surface area contributed by atoms with E-state index in [1.165, 1.54) is 44.2 Å². The molecule has 1 saturated heterocycles. The third-order valence-corrected chi connectivity index (χ3v) is 7.22. The predicted octanol–water partition coefficient (Wildman–Crippen LogP) is 3.46. The molecule has 1 aliphatic carbocycles. The molecule has 4 rings (SSSR count). The van der Waals surface area contributed by atoms with E-state index in [1.54, 1.807) is 13.8 Å². The number of piperazine rings is 1. The maximum absolute atomic E-state index is 12.1. The van der Waals surface area contributed by atoms with Gasteiger partial charge >= 0.3 is 0 Å². The van der Waals surface area contributed by atoms with Crippen LogP contribution in [0.5, 0.6) is 5.75 Å². The first-order chi connectivity index (χ1) is 14.9. The molecular weight excluding hydrogens is 390 g/mol. The van der Waals surface area contributed by atoms with Crippen LogP contribution in [0.15, 0.2) is 12.3 Å². The van der Waals surface area contributed by atoms with Gasteiger partial charge in [-0.25, -0.2) is 4.98 Å². The molecule has 1 aromatic rings. The standard InChI is InChI=1S/C25H39N3O3/c1-25(2,30)18-22(29)17-20-5-3-19(4-6-20)8-11-27-12-14-28(15-13-27)24-23-21(7-10-26-24)9-16-31-23/h7,10,19-20,30H,3-6,8-9,11-18H2,1-2H3. The Labute approximate surface area is 187 Å². The quantitative estimate of drug-likeness (QED) is 0.683. The minimum Gasteiger partial charge on any atom is -0.489 e. The van der Waals surface area contributed by atoms with Crippen LogP contribution in [-0.4, -0.2) is 65.7 Å². The summed E-state index contributed by atoms with van der Waals surface area (Å²) in [5.41, 5.74) is 0.423. The van der Waals surface area contributed by atoms with Crippen LogP contribution in [0.2, 0.25) is 0 Å². The summed E-state index contributed by atoms with van der Waals surface area (Å²) in [6.45, 7) is 9.61. The van der Waals surface area contributed by atoms with Crippen LogP contribution in [0.4, 0.5) is 5.82 Å². The van der Waals surface area contributed by atoms with Gasteiger partial charge in [0.15, 0.2) is 11.6 Å². The lowest BCUT2D eigenvalue weighted by Crippen LogP contribution is -2.47. The number of hydrogen-bond acceptors (Lipinski definition) is 6. The van der Waals surface area contributed by atoms with Gasteiger partial charge in [0.25, 0.3) is 0 Å². The third kappa shape index (κ3) is 6.19. The first kappa shape index (κ1) is 22.5. The molecule has 1 aromatic heterocycles. The molecule has 0 aromatic carbocycles. The number of hydrogen-bond donors (Lipinski definition) is 1. The van der Waals surface area contributed by atoms with Crippen LogP contribution in [0.1, 0.15) is 64.4 Å². The molecule has 0 amide bonds. The fraction of sp³-hybridized carbons (Fsp3) is 0.760. The number of nitrogens with zero attached hydrogens (tertiary/aromatic N) is 3. The Bertz CT molecular complexity index is 745. The number of rotatable bonds is 8. The molecule has 0 atom stereocenters. The molecule has 2 fully saturated rings. The van der Waals surface area contributed by atoms with Crippen molar-refractivity contribution in [2.75, 3.05) is 44.2 Å². The van der Waals surface area contributed by atoms with Crippen molar-refractivity contribution in [2.24, 2.45) is 11.8 Å². The molecule has 31 heavy (non-hydrogen) atoms. The van der Waals surface area contributed by atoms with Crippen LogP contribution < -0.4 is 9.64 Å². The lowest BCUT2D eigenvalue weighted by molar-refractivity contribution is -0.124. The molecule has 6 nitrogen and oxygen atoms in total. The van der Waals surface area contributed by atoms with Crippen molar-refractivity contribution in [2.45, 2.75) is 70.8 Å².